The molecule has 5 heteroatoms. The summed E-state index contributed by atoms with van der Waals surface area (Å²) in [6, 6.07) is 0. The zero-order valence-electron chi connectivity index (χ0n) is 16.7. The molecule has 0 aromatic carbocycles. The van der Waals surface area contributed by atoms with Gasteiger partial charge in [0.15, 0.2) is 0 Å². The van der Waals surface area contributed by atoms with Crippen LogP contribution in [0, 0.1) is 11.8 Å². The zero-order chi connectivity index (χ0) is 18.2. The van der Waals surface area contributed by atoms with E-state index in [1.54, 1.807) is 0 Å². The van der Waals surface area contributed by atoms with Crippen LogP contribution in [0.4, 0.5) is 0 Å². The van der Waals surface area contributed by atoms with E-state index < -0.39 is 23.8 Å². The molecule has 2 unspecified atom stereocenters. The third-order valence-corrected chi connectivity index (χ3v) is 4.83. The number of carboxylic acids is 2. The molecule has 0 radical (unpaired) electrons. The molecule has 0 aliphatic carbocycles. The van der Waals surface area contributed by atoms with Gasteiger partial charge in [0.05, 0.1) is 0 Å². The number of hydrogen-bond donors (Lipinski definition) is 0. The van der Waals surface area contributed by atoms with Gasteiger partial charge in [-0.15, -0.1) is 0 Å². The Kier molecular flexibility index (Phi) is 20.3. The SMILES string of the molecule is CCCCCCCCC(C(=O)[O-])C(CCCCCCCC)C(=O)[O-].[Na+]. The summed E-state index contributed by atoms with van der Waals surface area (Å²) in [6.45, 7) is 4.30. The minimum absolute atomic E-state index is 0. The molecule has 0 aromatic rings. The molecule has 0 fully saturated rings. The number of carbonyl (C=O) groups is 2. The second kappa shape index (κ2) is 18.7. The van der Waals surface area contributed by atoms with Crippen molar-refractivity contribution < 1.29 is 49.4 Å². The molecule has 0 aliphatic heterocycles. The summed E-state index contributed by atoms with van der Waals surface area (Å²) >= 11 is 0. The molecule has 0 spiro atoms. The quantitative estimate of drug-likeness (QED) is 0.274. The minimum atomic E-state index is -1.23. The van der Waals surface area contributed by atoms with Gasteiger partial charge in [-0.3, -0.25) is 0 Å². The summed E-state index contributed by atoms with van der Waals surface area (Å²) in [5.74, 6) is -4.28. The molecule has 0 saturated heterocycles. The van der Waals surface area contributed by atoms with Gasteiger partial charge in [0.2, 0.25) is 0 Å². The Bertz CT molecular complexity index is 302. The van der Waals surface area contributed by atoms with Crippen molar-refractivity contribution in [1.82, 2.24) is 0 Å². The van der Waals surface area contributed by atoms with Gasteiger partial charge in [0.1, 0.15) is 0 Å². The van der Waals surface area contributed by atoms with Crippen molar-refractivity contribution in [3.8, 4) is 0 Å². The fourth-order valence-corrected chi connectivity index (χ4v) is 3.26. The van der Waals surface area contributed by atoms with Crippen LogP contribution < -0.4 is 39.8 Å². The van der Waals surface area contributed by atoms with Gasteiger partial charge in [-0.2, -0.15) is 0 Å². The molecular formula is C20H36NaO4-. The Morgan fingerprint density at radius 2 is 0.880 bits per heavy atom. The van der Waals surface area contributed by atoms with Gasteiger partial charge in [-0.1, -0.05) is 90.9 Å². The van der Waals surface area contributed by atoms with Gasteiger partial charge in [-0.05, 0) is 12.8 Å². The summed E-state index contributed by atoms with van der Waals surface area (Å²) in [7, 11) is 0. The van der Waals surface area contributed by atoms with Gasteiger partial charge in [0, 0.05) is 23.8 Å². The largest absolute Gasteiger partial charge is 1.00 e. The van der Waals surface area contributed by atoms with Crippen LogP contribution in [0.15, 0.2) is 0 Å². The minimum Gasteiger partial charge on any atom is -0.550 e. The number of rotatable bonds is 17. The first-order valence-electron chi connectivity index (χ1n) is 9.96. The first-order valence-corrected chi connectivity index (χ1v) is 9.96. The standard InChI is InChI=1S/C20H38O4.Na/c1-3-5-7-9-11-13-15-17(19(21)22)18(20(23)24)16-14-12-10-8-6-4-2;/h17-18H,3-16H2,1-2H3,(H,21,22)(H,23,24);/q;+1/p-2. The van der Waals surface area contributed by atoms with E-state index in [0.717, 1.165) is 51.4 Å². The third kappa shape index (κ3) is 14.8. The third-order valence-electron chi connectivity index (χ3n) is 4.83. The Balaban J connectivity index is 0. The zero-order valence-corrected chi connectivity index (χ0v) is 18.7. The topological polar surface area (TPSA) is 80.3 Å². The van der Waals surface area contributed by atoms with Gasteiger partial charge >= 0.3 is 29.6 Å². The van der Waals surface area contributed by atoms with E-state index >= 15 is 0 Å². The molecular weight excluding hydrogens is 327 g/mol. The number of aliphatic carboxylic acids is 2. The molecule has 142 valence electrons. The summed E-state index contributed by atoms with van der Waals surface area (Å²) in [6.07, 6.45) is 13.4. The molecule has 4 nitrogen and oxygen atoms in total. The van der Waals surface area contributed by atoms with E-state index in [9.17, 15) is 19.8 Å². The Labute approximate surface area is 176 Å². The van der Waals surface area contributed by atoms with Crippen molar-refractivity contribution in [2.75, 3.05) is 0 Å². The van der Waals surface area contributed by atoms with Gasteiger partial charge in [0.25, 0.3) is 0 Å². The van der Waals surface area contributed by atoms with E-state index in [2.05, 4.69) is 13.8 Å². The van der Waals surface area contributed by atoms with Crippen molar-refractivity contribution in [3.63, 3.8) is 0 Å². The van der Waals surface area contributed by atoms with Crippen LogP contribution in [0.3, 0.4) is 0 Å². The summed E-state index contributed by atoms with van der Waals surface area (Å²) in [4.78, 5) is 22.8. The molecule has 25 heavy (non-hydrogen) atoms. The number of carbonyl (C=O) groups excluding carboxylic acids is 2. The number of hydrogen-bond acceptors (Lipinski definition) is 4. The van der Waals surface area contributed by atoms with E-state index in [-0.39, 0.29) is 29.6 Å². The average Bonchev–Trinajstić information content (AvgIpc) is 2.54. The smallest absolute Gasteiger partial charge is 0.550 e. The van der Waals surface area contributed by atoms with Crippen molar-refractivity contribution >= 4 is 11.9 Å². The summed E-state index contributed by atoms with van der Waals surface area (Å²) < 4.78 is 0. The van der Waals surface area contributed by atoms with Crippen molar-refractivity contribution in [2.45, 2.75) is 104 Å². The summed E-state index contributed by atoms with van der Waals surface area (Å²) in [5, 5.41) is 22.8. The average molecular weight is 363 g/mol. The molecule has 0 amide bonds. The van der Waals surface area contributed by atoms with Crippen LogP contribution in [0.1, 0.15) is 104 Å². The Morgan fingerprint density at radius 1 is 0.600 bits per heavy atom. The van der Waals surface area contributed by atoms with Crippen LogP contribution in [-0.2, 0) is 9.59 Å². The maximum atomic E-state index is 11.4. The molecule has 0 aromatic heterocycles. The van der Waals surface area contributed by atoms with Gasteiger partial charge < -0.3 is 19.8 Å². The second-order valence-corrected chi connectivity index (χ2v) is 6.96. The normalized spacial score (nSPS) is 13.0. The Morgan fingerprint density at radius 3 is 1.16 bits per heavy atom. The maximum Gasteiger partial charge on any atom is 1.00 e. The van der Waals surface area contributed by atoms with E-state index in [4.69, 9.17) is 0 Å². The van der Waals surface area contributed by atoms with Crippen LogP contribution in [0.5, 0.6) is 0 Å². The number of unbranched alkanes of at least 4 members (excludes halogenated alkanes) is 10. The fraction of sp³-hybridized carbons (Fsp3) is 0.900. The monoisotopic (exact) mass is 363 g/mol. The van der Waals surface area contributed by atoms with E-state index in [1.807, 2.05) is 0 Å². The van der Waals surface area contributed by atoms with Crippen LogP contribution in [0.25, 0.3) is 0 Å². The van der Waals surface area contributed by atoms with Crippen LogP contribution in [-0.4, -0.2) is 11.9 Å². The van der Waals surface area contributed by atoms with Crippen molar-refractivity contribution in [1.29, 1.82) is 0 Å². The summed E-state index contributed by atoms with van der Waals surface area (Å²) in [5.41, 5.74) is 0. The molecule has 2 atom stereocenters. The number of carboxylic acid groups (broad SMARTS) is 2. The van der Waals surface area contributed by atoms with Crippen LogP contribution >= 0.6 is 0 Å². The molecule has 0 aliphatic rings. The van der Waals surface area contributed by atoms with Crippen LogP contribution in [0.2, 0.25) is 0 Å². The molecule has 0 heterocycles. The first-order chi connectivity index (χ1) is 11.5. The molecule has 0 N–H and O–H groups in total. The molecule has 0 rings (SSSR count). The van der Waals surface area contributed by atoms with E-state index in [0.29, 0.717) is 12.8 Å². The predicted molar refractivity (Wildman–Crippen MR) is 93.0 cm³/mol. The van der Waals surface area contributed by atoms with Gasteiger partial charge in [-0.25, -0.2) is 0 Å². The van der Waals surface area contributed by atoms with Crippen molar-refractivity contribution in [3.05, 3.63) is 0 Å². The van der Waals surface area contributed by atoms with E-state index in [1.165, 1.54) is 25.7 Å². The Hall–Kier alpha value is -0.0600. The van der Waals surface area contributed by atoms with Crippen molar-refractivity contribution in [2.24, 2.45) is 11.8 Å². The first kappa shape index (κ1) is 27.2. The predicted octanol–water partition coefficient (Wildman–Crippen LogP) is 0.224. The fourth-order valence-electron chi connectivity index (χ4n) is 3.26. The second-order valence-electron chi connectivity index (χ2n) is 6.96. The molecule has 0 bridgehead atoms. The maximum absolute atomic E-state index is 11.4. The molecule has 0 saturated carbocycles.